The van der Waals surface area contributed by atoms with Gasteiger partial charge in [0.15, 0.2) is 0 Å². The first-order chi connectivity index (χ1) is 9.27. The Hall–Kier alpha value is 0.0934. The summed E-state index contributed by atoms with van der Waals surface area (Å²) in [7, 11) is 0. The molecule has 0 unspecified atom stereocenters. The van der Waals surface area contributed by atoms with E-state index in [1.807, 2.05) is 0 Å². The zero-order chi connectivity index (χ0) is 14.2. The minimum atomic E-state index is -0.654. The molecule has 20 heavy (non-hydrogen) atoms. The van der Waals surface area contributed by atoms with Gasteiger partial charge in [-0.05, 0) is 6.42 Å². The zero-order valence-corrected chi connectivity index (χ0v) is 16.6. The van der Waals surface area contributed by atoms with Crippen LogP contribution < -0.4 is 0 Å². The van der Waals surface area contributed by atoms with E-state index in [2.05, 4.69) is 6.92 Å². The third kappa shape index (κ3) is 20.4. The minimum Gasteiger partial charge on any atom is -0.481 e. The molecule has 1 N–H and O–H groups in total. The molecule has 0 aliphatic rings. The molecule has 0 aromatic rings. The minimum absolute atomic E-state index is 0. The molecular weight excluding hydrogens is 302 g/mol. The van der Waals surface area contributed by atoms with Gasteiger partial charge in [0.25, 0.3) is 0 Å². The summed E-state index contributed by atoms with van der Waals surface area (Å²) in [5, 5.41) is 8.50. The number of carboxylic acid groups (broad SMARTS) is 1. The van der Waals surface area contributed by atoms with Gasteiger partial charge in [0.2, 0.25) is 0 Å². The number of hydrogen-bond donors (Lipinski definition) is 1. The van der Waals surface area contributed by atoms with Gasteiger partial charge in [-0.3, -0.25) is 4.79 Å². The van der Waals surface area contributed by atoms with Crippen molar-refractivity contribution in [2.45, 2.75) is 103 Å². The largest absolute Gasteiger partial charge is 0.481 e. The number of unbranched alkanes of at least 4 members (excludes halogenated alkanes) is 13. The molecule has 0 rings (SSSR count). The summed E-state index contributed by atoms with van der Waals surface area (Å²) in [6.45, 7) is 2.27. The smallest absolute Gasteiger partial charge is 0.303 e. The van der Waals surface area contributed by atoms with Crippen LogP contribution in [0.1, 0.15) is 103 Å². The van der Waals surface area contributed by atoms with Crippen molar-refractivity contribution < 1.29 is 29.4 Å². The molecule has 0 bridgehead atoms. The summed E-state index contributed by atoms with van der Waals surface area (Å²) >= 11 is 0. The summed E-state index contributed by atoms with van der Waals surface area (Å²) in [5.74, 6) is -0.654. The van der Waals surface area contributed by atoms with Crippen LogP contribution in [0.2, 0.25) is 0 Å². The maximum Gasteiger partial charge on any atom is 0.303 e. The normalized spacial score (nSPS) is 10.2. The van der Waals surface area contributed by atoms with Crippen molar-refractivity contribution in [2.24, 2.45) is 0 Å². The Bertz CT molecular complexity index is 195. The fourth-order valence-electron chi connectivity index (χ4n) is 2.47. The number of hydrogen-bond acceptors (Lipinski definition) is 1. The molecule has 0 saturated heterocycles. The van der Waals surface area contributed by atoms with Crippen molar-refractivity contribution in [3.05, 3.63) is 0 Å². The standard InChI is InChI=1S/C17H34O2.Zn/c1-2-3-4-5-6-7-8-9-10-11-12-13-14-15-16-17(18)19;/h2-16H2,1H3,(H,18,19);. The first-order valence-corrected chi connectivity index (χ1v) is 8.49. The molecule has 3 heteroatoms. The molecule has 0 amide bonds. The summed E-state index contributed by atoms with van der Waals surface area (Å²) in [5.41, 5.74) is 0. The predicted molar refractivity (Wildman–Crippen MR) is 82.6 cm³/mol. The fraction of sp³-hybridized carbons (Fsp3) is 0.941. The molecule has 0 radical (unpaired) electrons. The van der Waals surface area contributed by atoms with Crippen LogP contribution in [0, 0.1) is 0 Å². The van der Waals surface area contributed by atoms with E-state index < -0.39 is 5.97 Å². The summed E-state index contributed by atoms with van der Waals surface area (Å²) in [6, 6.07) is 0. The number of aliphatic carboxylic acids is 1. The van der Waals surface area contributed by atoms with E-state index >= 15 is 0 Å². The van der Waals surface area contributed by atoms with Gasteiger partial charge in [-0.1, -0.05) is 90.4 Å². The third-order valence-electron chi connectivity index (χ3n) is 3.74. The zero-order valence-electron chi connectivity index (χ0n) is 13.7. The monoisotopic (exact) mass is 334 g/mol. The quantitative estimate of drug-likeness (QED) is 0.297. The van der Waals surface area contributed by atoms with E-state index in [-0.39, 0.29) is 19.5 Å². The molecule has 0 saturated carbocycles. The van der Waals surface area contributed by atoms with Crippen LogP contribution in [0.5, 0.6) is 0 Å². The molecule has 2 nitrogen and oxygen atoms in total. The van der Waals surface area contributed by atoms with Gasteiger partial charge in [-0.15, -0.1) is 0 Å². The summed E-state index contributed by atoms with van der Waals surface area (Å²) < 4.78 is 0. The first kappa shape index (κ1) is 22.4. The summed E-state index contributed by atoms with van der Waals surface area (Å²) in [4.78, 5) is 10.3. The maximum absolute atomic E-state index is 10.3. The molecule has 0 spiro atoms. The first-order valence-electron chi connectivity index (χ1n) is 8.49. The SMILES string of the molecule is CCCCCCCCCCCCCCCCC(=O)O.[Zn]. The Morgan fingerprint density at radius 3 is 1.25 bits per heavy atom. The van der Waals surface area contributed by atoms with Gasteiger partial charge in [0.05, 0.1) is 0 Å². The van der Waals surface area contributed by atoms with E-state index in [9.17, 15) is 4.79 Å². The number of carbonyl (C=O) groups is 1. The van der Waals surface area contributed by atoms with Gasteiger partial charge in [-0.2, -0.15) is 0 Å². The van der Waals surface area contributed by atoms with Crippen LogP contribution in [-0.2, 0) is 24.3 Å². The van der Waals surface area contributed by atoms with E-state index in [1.54, 1.807) is 0 Å². The molecular formula is C17H34O2Zn. The second kappa shape index (κ2) is 19.1. The van der Waals surface area contributed by atoms with Crippen LogP contribution in [-0.4, -0.2) is 11.1 Å². The van der Waals surface area contributed by atoms with Crippen LogP contribution in [0.3, 0.4) is 0 Å². The topological polar surface area (TPSA) is 37.3 Å². The van der Waals surface area contributed by atoms with Gasteiger partial charge in [0, 0.05) is 25.9 Å². The van der Waals surface area contributed by atoms with Gasteiger partial charge in [0.1, 0.15) is 0 Å². The molecule has 0 aromatic heterocycles. The maximum atomic E-state index is 10.3. The Labute approximate surface area is 138 Å². The van der Waals surface area contributed by atoms with E-state index in [1.165, 1.54) is 77.0 Å². The van der Waals surface area contributed by atoms with Crippen molar-refractivity contribution in [1.82, 2.24) is 0 Å². The van der Waals surface area contributed by atoms with Gasteiger partial charge in [-0.25, -0.2) is 0 Å². The van der Waals surface area contributed by atoms with Crippen LogP contribution in [0.15, 0.2) is 0 Å². The molecule has 0 fully saturated rings. The van der Waals surface area contributed by atoms with Gasteiger partial charge >= 0.3 is 5.97 Å². The molecule has 0 aliphatic heterocycles. The van der Waals surface area contributed by atoms with E-state index in [0.717, 1.165) is 12.8 Å². The molecule has 116 valence electrons. The molecule has 0 heterocycles. The van der Waals surface area contributed by atoms with Crippen molar-refractivity contribution in [3.63, 3.8) is 0 Å². The Balaban J connectivity index is 0. The number of rotatable bonds is 15. The third-order valence-corrected chi connectivity index (χ3v) is 3.74. The van der Waals surface area contributed by atoms with Crippen molar-refractivity contribution in [3.8, 4) is 0 Å². The van der Waals surface area contributed by atoms with Crippen molar-refractivity contribution >= 4 is 5.97 Å². The average molecular weight is 336 g/mol. The van der Waals surface area contributed by atoms with Gasteiger partial charge < -0.3 is 5.11 Å². The summed E-state index contributed by atoms with van der Waals surface area (Å²) in [6.07, 6.45) is 18.7. The van der Waals surface area contributed by atoms with Crippen LogP contribution in [0.25, 0.3) is 0 Å². The predicted octanol–water partition coefficient (Wildman–Crippen LogP) is 5.94. The molecule has 0 aromatic carbocycles. The molecule has 0 aliphatic carbocycles. The second-order valence-electron chi connectivity index (χ2n) is 5.74. The van der Waals surface area contributed by atoms with Crippen LogP contribution >= 0.6 is 0 Å². The molecule has 0 atom stereocenters. The Morgan fingerprint density at radius 1 is 0.650 bits per heavy atom. The van der Waals surface area contributed by atoms with Crippen LogP contribution in [0.4, 0.5) is 0 Å². The van der Waals surface area contributed by atoms with E-state index in [4.69, 9.17) is 5.11 Å². The fourth-order valence-corrected chi connectivity index (χ4v) is 2.47. The van der Waals surface area contributed by atoms with Crippen molar-refractivity contribution in [1.29, 1.82) is 0 Å². The van der Waals surface area contributed by atoms with Crippen molar-refractivity contribution in [2.75, 3.05) is 0 Å². The van der Waals surface area contributed by atoms with E-state index in [0.29, 0.717) is 6.42 Å². The Kier molecular flexibility index (Phi) is 21.4. The number of carboxylic acids is 1. The Morgan fingerprint density at radius 2 is 0.950 bits per heavy atom. The average Bonchev–Trinajstić information content (AvgIpc) is 2.39. The second-order valence-corrected chi connectivity index (χ2v) is 5.74.